The van der Waals surface area contributed by atoms with Crippen LogP contribution in [0.5, 0.6) is 0 Å². The lowest BCUT2D eigenvalue weighted by atomic mass is 10.0. The minimum absolute atomic E-state index is 1.12. The van der Waals surface area contributed by atoms with Crippen LogP contribution in [0.25, 0.3) is 5.57 Å². The SMILES string of the molecule is C/C=C(\CC)c1cccc([Si](C)(C)C)c1. The van der Waals surface area contributed by atoms with Crippen molar-refractivity contribution >= 4 is 18.8 Å². The molecule has 1 aromatic rings. The maximum atomic E-state index is 2.40. The second-order valence-electron chi connectivity index (χ2n) is 5.00. The topological polar surface area (TPSA) is 0 Å². The Kier molecular flexibility index (Phi) is 3.92. The van der Waals surface area contributed by atoms with Crippen molar-refractivity contribution in [3.8, 4) is 0 Å². The minimum Gasteiger partial charge on any atom is -0.0839 e. The average Bonchev–Trinajstić information content (AvgIpc) is 2.19. The number of hydrogen-bond donors (Lipinski definition) is 0. The van der Waals surface area contributed by atoms with Crippen molar-refractivity contribution in [2.75, 3.05) is 0 Å². The zero-order valence-corrected chi connectivity index (χ0v) is 11.6. The Morgan fingerprint density at radius 3 is 2.40 bits per heavy atom. The van der Waals surface area contributed by atoms with Crippen molar-refractivity contribution in [1.82, 2.24) is 0 Å². The molecular formula is C14H22Si. The van der Waals surface area contributed by atoms with E-state index in [0.29, 0.717) is 0 Å². The Balaban J connectivity index is 3.14. The van der Waals surface area contributed by atoms with E-state index in [0.717, 1.165) is 6.42 Å². The molecule has 0 aliphatic rings. The van der Waals surface area contributed by atoms with Crippen LogP contribution in [-0.4, -0.2) is 8.07 Å². The number of allylic oxidation sites excluding steroid dienone is 2. The van der Waals surface area contributed by atoms with Gasteiger partial charge in [-0.1, -0.05) is 62.1 Å². The van der Waals surface area contributed by atoms with Gasteiger partial charge in [-0.05, 0) is 24.5 Å². The molecule has 15 heavy (non-hydrogen) atoms. The van der Waals surface area contributed by atoms with E-state index in [1.807, 2.05) is 0 Å². The highest BCUT2D eigenvalue weighted by molar-refractivity contribution is 6.88. The number of hydrogen-bond acceptors (Lipinski definition) is 0. The van der Waals surface area contributed by atoms with Gasteiger partial charge in [0.25, 0.3) is 0 Å². The van der Waals surface area contributed by atoms with Crippen molar-refractivity contribution in [3.63, 3.8) is 0 Å². The first-order valence-corrected chi connectivity index (χ1v) is 9.25. The fraction of sp³-hybridized carbons (Fsp3) is 0.429. The van der Waals surface area contributed by atoms with Gasteiger partial charge in [0, 0.05) is 0 Å². The fourth-order valence-corrected chi connectivity index (χ4v) is 2.95. The lowest BCUT2D eigenvalue weighted by Crippen LogP contribution is -2.37. The largest absolute Gasteiger partial charge is 0.0839 e. The van der Waals surface area contributed by atoms with Crippen molar-refractivity contribution in [2.24, 2.45) is 0 Å². The highest BCUT2D eigenvalue weighted by atomic mass is 28.3. The summed E-state index contributed by atoms with van der Waals surface area (Å²) in [4.78, 5) is 0. The third-order valence-electron chi connectivity index (χ3n) is 2.83. The van der Waals surface area contributed by atoms with E-state index in [9.17, 15) is 0 Å². The molecule has 0 unspecified atom stereocenters. The first-order chi connectivity index (χ1) is 6.99. The predicted octanol–water partition coefficient (Wildman–Crippen LogP) is 4.05. The van der Waals surface area contributed by atoms with Gasteiger partial charge < -0.3 is 0 Å². The normalized spacial score (nSPS) is 13.0. The van der Waals surface area contributed by atoms with E-state index in [4.69, 9.17) is 0 Å². The standard InChI is InChI=1S/C14H22Si/c1-6-12(7-2)13-9-8-10-14(11-13)15(3,4)5/h6,8-11H,7H2,1-5H3/b12-6+. The van der Waals surface area contributed by atoms with Crippen LogP contribution >= 0.6 is 0 Å². The number of rotatable bonds is 3. The summed E-state index contributed by atoms with van der Waals surface area (Å²) < 4.78 is 0. The molecular weight excluding hydrogens is 196 g/mol. The van der Waals surface area contributed by atoms with Crippen LogP contribution in [0.2, 0.25) is 19.6 Å². The van der Waals surface area contributed by atoms with Gasteiger partial charge in [-0.2, -0.15) is 0 Å². The molecule has 0 aliphatic carbocycles. The maximum Gasteiger partial charge on any atom is 0.0776 e. The summed E-state index contributed by atoms with van der Waals surface area (Å²) in [6.45, 7) is 11.5. The Labute approximate surface area is 95.0 Å². The molecule has 0 bridgehead atoms. The predicted molar refractivity (Wildman–Crippen MR) is 73.4 cm³/mol. The Morgan fingerprint density at radius 1 is 1.27 bits per heavy atom. The molecule has 0 saturated carbocycles. The molecule has 0 atom stereocenters. The molecule has 0 nitrogen and oxygen atoms in total. The summed E-state index contributed by atoms with van der Waals surface area (Å²) in [6.07, 6.45) is 3.34. The molecule has 0 aliphatic heterocycles. The Bertz CT molecular complexity index is 356. The zero-order valence-electron chi connectivity index (χ0n) is 10.6. The van der Waals surface area contributed by atoms with Crippen LogP contribution in [0.15, 0.2) is 30.3 Å². The van der Waals surface area contributed by atoms with Gasteiger partial charge in [-0.3, -0.25) is 0 Å². The van der Waals surface area contributed by atoms with E-state index < -0.39 is 8.07 Å². The van der Waals surface area contributed by atoms with Crippen LogP contribution in [0.3, 0.4) is 0 Å². The maximum absolute atomic E-state index is 2.40. The van der Waals surface area contributed by atoms with E-state index in [-0.39, 0.29) is 0 Å². The van der Waals surface area contributed by atoms with E-state index in [1.165, 1.54) is 11.1 Å². The average molecular weight is 218 g/mol. The molecule has 0 heterocycles. The molecule has 0 fully saturated rings. The van der Waals surface area contributed by atoms with Crippen molar-refractivity contribution in [3.05, 3.63) is 35.9 Å². The second kappa shape index (κ2) is 4.80. The molecule has 0 saturated heterocycles. The summed E-state index contributed by atoms with van der Waals surface area (Å²) in [7, 11) is -1.16. The molecule has 0 amide bonds. The lowest BCUT2D eigenvalue weighted by molar-refractivity contribution is 1.23. The summed E-state index contributed by atoms with van der Waals surface area (Å²) in [6, 6.07) is 9.08. The fourth-order valence-electron chi connectivity index (χ4n) is 1.76. The van der Waals surface area contributed by atoms with Crippen LogP contribution in [0.4, 0.5) is 0 Å². The van der Waals surface area contributed by atoms with Crippen LogP contribution in [0.1, 0.15) is 25.8 Å². The van der Waals surface area contributed by atoms with Crippen molar-refractivity contribution in [1.29, 1.82) is 0 Å². The van der Waals surface area contributed by atoms with E-state index in [2.05, 4.69) is 63.8 Å². The van der Waals surface area contributed by atoms with Gasteiger partial charge >= 0.3 is 0 Å². The minimum atomic E-state index is -1.16. The molecule has 1 rings (SSSR count). The third-order valence-corrected chi connectivity index (χ3v) is 4.87. The van der Waals surface area contributed by atoms with Gasteiger partial charge in [0.2, 0.25) is 0 Å². The van der Waals surface area contributed by atoms with E-state index >= 15 is 0 Å². The molecule has 0 aromatic heterocycles. The van der Waals surface area contributed by atoms with E-state index in [1.54, 1.807) is 5.19 Å². The summed E-state index contributed by atoms with van der Waals surface area (Å²) >= 11 is 0. The Hall–Kier alpha value is -0.823. The molecule has 82 valence electrons. The zero-order chi connectivity index (χ0) is 11.5. The third kappa shape index (κ3) is 3.06. The highest BCUT2D eigenvalue weighted by Crippen LogP contribution is 2.17. The number of benzene rings is 1. The van der Waals surface area contributed by atoms with Gasteiger partial charge in [0.15, 0.2) is 0 Å². The van der Waals surface area contributed by atoms with Gasteiger partial charge in [-0.15, -0.1) is 0 Å². The highest BCUT2D eigenvalue weighted by Gasteiger charge is 2.16. The van der Waals surface area contributed by atoms with Crippen molar-refractivity contribution in [2.45, 2.75) is 39.9 Å². The molecule has 1 aromatic carbocycles. The summed E-state index contributed by atoms with van der Waals surface area (Å²) in [5, 5.41) is 1.55. The molecule has 1 heteroatoms. The van der Waals surface area contributed by atoms with Crippen LogP contribution in [0, 0.1) is 0 Å². The molecule has 0 spiro atoms. The van der Waals surface area contributed by atoms with Gasteiger partial charge in [0.05, 0.1) is 8.07 Å². The second-order valence-corrected chi connectivity index (χ2v) is 10.1. The smallest absolute Gasteiger partial charge is 0.0776 e. The molecule has 0 radical (unpaired) electrons. The van der Waals surface area contributed by atoms with Crippen molar-refractivity contribution < 1.29 is 0 Å². The van der Waals surface area contributed by atoms with Crippen LogP contribution < -0.4 is 5.19 Å². The van der Waals surface area contributed by atoms with Gasteiger partial charge in [0.1, 0.15) is 0 Å². The quantitative estimate of drug-likeness (QED) is 0.672. The Morgan fingerprint density at radius 2 is 1.93 bits per heavy atom. The summed E-state index contributed by atoms with van der Waals surface area (Å²) in [5.74, 6) is 0. The first kappa shape index (κ1) is 12.2. The van der Waals surface area contributed by atoms with Gasteiger partial charge in [-0.25, -0.2) is 0 Å². The first-order valence-electron chi connectivity index (χ1n) is 5.75. The monoisotopic (exact) mass is 218 g/mol. The lowest BCUT2D eigenvalue weighted by Gasteiger charge is -2.18. The van der Waals surface area contributed by atoms with Crippen LogP contribution in [-0.2, 0) is 0 Å². The molecule has 0 N–H and O–H groups in total. The summed E-state index contributed by atoms with van der Waals surface area (Å²) in [5.41, 5.74) is 2.86.